The van der Waals surface area contributed by atoms with Gasteiger partial charge >= 0.3 is 0 Å². The van der Waals surface area contributed by atoms with Gasteiger partial charge in [-0.3, -0.25) is 4.68 Å². The van der Waals surface area contributed by atoms with Crippen LogP contribution in [0.3, 0.4) is 0 Å². The minimum Gasteiger partial charge on any atom is -0.311 e. The number of halogens is 1. The SMILES string of the molecule is Cc1nn(C)c(Cl)c1CC(C)C(C)NC1CC1. The fourth-order valence-corrected chi connectivity index (χ4v) is 2.44. The summed E-state index contributed by atoms with van der Waals surface area (Å²) in [4.78, 5) is 0. The molecule has 2 atom stereocenters. The van der Waals surface area contributed by atoms with Crippen LogP contribution in [-0.4, -0.2) is 21.9 Å². The number of nitrogens with one attached hydrogen (secondary N) is 1. The summed E-state index contributed by atoms with van der Waals surface area (Å²) in [6.07, 6.45) is 3.67. The maximum atomic E-state index is 6.26. The van der Waals surface area contributed by atoms with Crippen LogP contribution in [0.15, 0.2) is 0 Å². The summed E-state index contributed by atoms with van der Waals surface area (Å²) >= 11 is 6.26. The molecule has 1 aliphatic rings. The fourth-order valence-electron chi connectivity index (χ4n) is 2.19. The van der Waals surface area contributed by atoms with E-state index in [0.29, 0.717) is 12.0 Å². The molecule has 2 rings (SSSR count). The number of hydrogen-bond acceptors (Lipinski definition) is 2. The highest BCUT2D eigenvalue weighted by molar-refractivity contribution is 6.30. The molecule has 0 radical (unpaired) electrons. The van der Waals surface area contributed by atoms with E-state index >= 15 is 0 Å². The van der Waals surface area contributed by atoms with Gasteiger partial charge in [0.05, 0.1) is 5.69 Å². The van der Waals surface area contributed by atoms with Crippen molar-refractivity contribution in [1.82, 2.24) is 15.1 Å². The van der Waals surface area contributed by atoms with Crippen LogP contribution in [0.5, 0.6) is 0 Å². The van der Waals surface area contributed by atoms with E-state index in [9.17, 15) is 0 Å². The first-order valence-corrected chi connectivity index (χ1v) is 6.81. The van der Waals surface area contributed by atoms with Gasteiger partial charge in [-0.1, -0.05) is 18.5 Å². The van der Waals surface area contributed by atoms with Gasteiger partial charge in [0.15, 0.2) is 0 Å². The van der Waals surface area contributed by atoms with E-state index in [0.717, 1.165) is 23.3 Å². The molecule has 1 saturated carbocycles. The van der Waals surface area contributed by atoms with Gasteiger partial charge in [0.25, 0.3) is 0 Å². The average Bonchev–Trinajstić information content (AvgIpc) is 3.03. The molecule has 1 N–H and O–H groups in total. The number of nitrogens with zero attached hydrogens (tertiary/aromatic N) is 2. The lowest BCUT2D eigenvalue weighted by Gasteiger charge is -2.21. The molecule has 0 spiro atoms. The van der Waals surface area contributed by atoms with Crippen molar-refractivity contribution in [3.63, 3.8) is 0 Å². The molecule has 0 amide bonds. The van der Waals surface area contributed by atoms with E-state index in [4.69, 9.17) is 11.6 Å². The topological polar surface area (TPSA) is 29.9 Å². The van der Waals surface area contributed by atoms with E-state index in [1.165, 1.54) is 18.4 Å². The van der Waals surface area contributed by atoms with Gasteiger partial charge in [0.2, 0.25) is 0 Å². The van der Waals surface area contributed by atoms with Gasteiger partial charge in [-0.05, 0) is 39.0 Å². The molecule has 96 valence electrons. The van der Waals surface area contributed by atoms with Crippen molar-refractivity contribution in [3.8, 4) is 0 Å². The highest BCUT2D eigenvalue weighted by Crippen LogP contribution is 2.25. The largest absolute Gasteiger partial charge is 0.311 e. The van der Waals surface area contributed by atoms with Crippen molar-refractivity contribution >= 4 is 11.6 Å². The molecule has 0 aliphatic heterocycles. The van der Waals surface area contributed by atoms with Gasteiger partial charge in [-0.25, -0.2) is 0 Å². The third kappa shape index (κ3) is 3.02. The van der Waals surface area contributed by atoms with Crippen molar-refractivity contribution in [3.05, 3.63) is 16.4 Å². The third-order valence-electron chi connectivity index (χ3n) is 3.73. The van der Waals surface area contributed by atoms with Crippen LogP contribution in [0, 0.1) is 12.8 Å². The average molecular weight is 256 g/mol. The van der Waals surface area contributed by atoms with Gasteiger partial charge in [-0.15, -0.1) is 0 Å². The zero-order valence-corrected chi connectivity index (χ0v) is 11.9. The molecule has 3 nitrogen and oxygen atoms in total. The molecule has 1 aromatic rings. The molecular formula is C13H22ClN3. The second kappa shape index (κ2) is 4.99. The van der Waals surface area contributed by atoms with Crippen LogP contribution in [0.2, 0.25) is 5.15 Å². The quantitative estimate of drug-likeness (QED) is 0.877. The molecule has 0 aromatic carbocycles. The van der Waals surface area contributed by atoms with Crippen molar-refractivity contribution in [2.75, 3.05) is 0 Å². The van der Waals surface area contributed by atoms with Crippen molar-refractivity contribution in [2.45, 2.75) is 52.1 Å². The molecule has 1 heterocycles. The summed E-state index contributed by atoms with van der Waals surface area (Å²) in [7, 11) is 1.90. The molecular weight excluding hydrogens is 234 g/mol. The Balaban J connectivity index is 1.98. The fraction of sp³-hybridized carbons (Fsp3) is 0.769. The lowest BCUT2D eigenvalue weighted by atomic mass is 9.95. The predicted octanol–water partition coefficient (Wildman–Crippen LogP) is 2.70. The summed E-state index contributed by atoms with van der Waals surface area (Å²) in [5.41, 5.74) is 2.26. The molecule has 2 unspecified atom stereocenters. The third-order valence-corrected chi connectivity index (χ3v) is 4.20. The highest BCUT2D eigenvalue weighted by Gasteiger charge is 2.26. The van der Waals surface area contributed by atoms with Crippen LogP contribution in [-0.2, 0) is 13.5 Å². The predicted molar refractivity (Wildman–Crippen MR) is 71.4 cm³/mol. The Kier molecular flexibility index (Phi) is 3.79. The minimum atomic E-state index is 0.540. The zero-order chi connectivity index (χ0) is 12.6. The second-order valence-corrected chi connectivity index (χ2v) is 5.75. The Morgan fingerprint density at radius 1 is 1.47 bits per heavy atom. The lowest BCUT2D eigenvalue weighted by molar-refractivity contribution is 0.395. The lowest BCUT2D eigenvalue weighted by Crippen LogP contribution is -2.34. The molecule has 17 heavy (non-hydrogen) atoms. The number of aryl methyl sites for hydroxylation is 2. The van der Waals surface area contributed by atoms with Gasteiger partial charge in [0, 0.05) is 24.7 Å². The Morgan fingerprint density at radius 2 is 2.12 bits per heavy atom. The van der Waals surface area contributed by atoms with E-state index < -0.39 is 0 Å². The molecule has 1 aliphatic carbocycles. The molecule has 0 saturated heterocycles. The van der Waals surface area contributed by atoms with Gasteiger partial charge < -0.3 is 5.32 Å². The number of rotatable bonds is 5. The van der Waals surface area contributed by atoms with Crippen LogP contribution in [0.4, 0.5) is 0 Å². The van der Waals surface area contributed by atoms with Crippen molar-refractivity contribution < 1.29 is 0 Å². The van der Waals surface area contributed by atoms with Gasteiger partial charge in [-0.2, -0.15) is 5.10 Å². The Labute approximate surface area is 109 Å². The maximum absolute atomic E-state index is 6.26. The van der Waals surface area contributed by atoms with Crippen LogP contribution in [0.1, 0.15) is 37.9 Å². The molecule has 1 fully saturated rings. The monoisotopic (exact) mass is 255 g/mol. The zero-order valence-electron chi connectivity index (χ0n) is 11.1. The van der Waals surface area contributed by atoms with Crippen molar-refractivity contribution in [1.29, 1.82) is 0 Å². The van der Waals surface area contributed by atoms with E-state index in [1.807, 2.05) is 14.0 Å². The standard InChI is InChI=1S/C13H22ClN3/c1-8(9(2)15-11-5-6-11)7-12-10(3)16-17(4)13(12)14/h8-9,11,15H,5-7H2,1-4H3. The van der Waals surface area contributed by atoms with Crippen LogP contribution < -0.4 is 5.32 Å². The molecule has 0 bridgehead atoms. The maximum Gasteiger partial charge on any atom is 0.130 e. The van der Waals surface area contributed by atoms with Crippen LogP contribution in [0.25, 0.3) is 0 Å². The minimum absolute atomic E-state index is 0.540. The van der Waals surface area contributed by atoms with Crippen LogP contribution >= 0.6 is 11.6 Å². The summed E-state index contributed by atoms with van der Waals surface area (Å²) < 4.78 is 1.76. The molecule has 4 heteroatoms. The Bertz CT molecular complexity index is 396. The van der Waals surface area contributed by atoms with Crippen molar-refractivity contribution in [2.24, 2.45) is 13.0 Å². The van der Waals surface area contributed by atoms with Gasteiger partial charge in [0.1, 0.15) is 5.15 Å². The van der Waals surface area contributed by atoms with E-state index in [1.54, 1.807) is 4.68 Å². The highest BCUT2D eigenvalue weighted by atomic mass is 35.5. The Hall–Kier alpha value is -0.540. The van der Waals surface area contributed by atoms with E-state index in [-0.39, 0.29) is 0 Å². The summed E-state index contributed by atoms with van der Waals surface area (Å²) in [5.74, 6) is 0.580. The summed E-state index contributed by atoms with van der Waals surface area (Å²) in [5, 5.41) is 8.80. The molecule has 1 aromatic heterocycles. The first-order valence-electron chi connectivity index (χ1n) is 6.43. The van der Waals surface area contributed by atoms with E-state index in [2.05, 4.69) is 24.3 Å². The number of hydrogen-bond donors (Lipinski definition) is 1. The second-order valence-electron chi connectivity index (χ2n) is 5.39. The first-order chi connectivity index (χ1) is 7.99. The smallest absolute Gasteiger partial charge is 0.130 e. The first kappa shape index (κ1) is 12.9. The summed E-state index contributed by atoms with van der Waals surface area (Å²) in [6, 6.07) is 1.30. The summed E-state index contributed by atoms with van der Waals surface area (Å²) in [6.45, 7) is 6.58. The normalized spacial score (nSPS) is 19.4. The Morgan fingerprint density at radius 3 is 2.59 bits per heavy atom. The number of aromatic nitrogens is 2.